The number of amidine groups is 1. The fourth-order valence-electron chi connectivity index (χ4n) is 4.26. The third kappa shape index (κ3) is 5.92. The van der Waals surface area contributed by atoms with Crippen LogP contribution in [0.5, 0.6) is 0 Å². The van der Waals surface area contributed by atoms with Crippen molar-refractivity contribution in [1.82, 2.24) is 15.2 Å². The Bertz CT molecular complexity index is 1150. The molecule has 35 heavy (non-hydrogen) atoms. The van der Waals surface area contributed by atoms with Gasteiger partial charge in [0, 0.05) is 36.9 Å². The molecule has 1 fully saturated rings. The molecule has 2 unspecified atom stereocenters. The maximum atomic E-state index is 13.9. The van der Waals surface area contributed by atoms with Gasteiger partial charge in [0.05, 0.1) is 31.3 Å². The number of hydrogen-bond acceptors (Lipinski definition) is 9. The number of carbonyl (C=O) groups excluding carboxylic acids is 1. The number of aliphatic carboxylic acids is 1. The summed E-state index contributed by atoms with van der Waals surface area (Å²) >= 11 is 1.41. The highest BCUT2D eigenvalue weighted by molar-refractivity contribution is 7.11. The number of aliphatic imine (C=N–C) groups is 1. The largest absolute Gasteiger partial charge is 0.481 e. The summed E-state index contributed by atoms with van der Waals surface area (Å²) in [5.74, 6) is -1.30. The van der Waals surface area contributed by atoms with Gasteiger partial charge in [-0.05, 0) is 37.1 Å². The molecule has 2 aliphatic heterocycles. The van der Waals surface area contributed by atoms with Crippen molar-refractivity contribution in [3.63, 3.8) is 0 Å². The Balaban J connectivity index is 1.75. The molecule has 2 aromatic rings. The van der Waals surface area contributed by atoms with Gasteiger partial charge in [-0.3, -0.25) is 14.7 Å². The number of hydrogen-bond donors (Lipinski definition) is 2. The van der Waals surface area contributed by atoms with Gasteiger partial charge in [0.25, 0.3) is 0 Å². The smallest absolute Gasteiger partial charge is 0.338 e. The molecular weight excluding hydrogens is 475 g/mol. The van der Waals surface area contributed by atoms with E-state index in [2.05, 4.69) is 10.3 Å². The van der Waals surface area contributed by atoms with Gasteiger partial charge in [-0.1, -0.05) is 6.07 Å². The lowest BCUT2D eigenvalue weighted by molar-refractivity contribution is -0.142. The molecule has 1 aromatic carbocycles. The molecule has 0 saturated carbocycles. The highest BCUT2D eigenvalue weighted by atomic mass is 32.1. The van der Waals surface area contributed by atoms with Gasteiger partial charge >= 0.3 is 11.9 Å². The van der Waals surface area contributed by atoms with Gasteiger partial charge in [-0.2, -0.15) is 0 Å². The summed E-state index contributed by atoms with van der Waals surface area (Å²) in [6.07, 6.45) is 1.13. The van der Waals surface area contributed by atoms with Crippen molar-refractivity contribution < 1.29 is 28.6 Å². The number of ether oxygens (including phenoxy) is 2. The normalized spacial score (nSPS) is 20.8. The summed E-state index contributed by atoms with van der Waals surface area (Å²) in [5, 5.41) is 14.9. The molecule has 0 radical (unpaired) electrons. The number of carbonyl (C=O) groups is 2. The molecule has 0 amide bonds. The molecule has 2 atom stereocenters. The number of thiazole rings is 1. The minimum Gasteiger partial charge on any atom is -0.481 e. The Hall–Kier alpha value is -3.15. The fraction of sp³-hybridized carbons (Fsp3) is 0.417. The highest BCUT2D eigenvalue weighted by Gasteiger charge is 2.35. The van der Waals surface area contributed by atoms with E-state index >= 15 is 0 Å². The van der Waals surface area contributed by atoms with Crippen molar-refractivity contribution >= 4 is 29.1 Å². The Morgan fingerprint density at radius 1 is 1.40 bits per heavy atom. The summed E-state index contributed by atoms with van der Waals surface area (Å²) in [6, 6.07) is 3.68. The first-order valence-corrected chi connectivity index (χ1v) is 12.2. The number of carboxylic acids is 1. The second kappa shape index (κ2) is 11.1. The Morgan fingerprint density at radius 3 is 2.91 bits per heavy atom. The lowest BCUT2D eigenvalue weighted by atomic mass is 9.92. The Kier molecular flexibility index (Phi) is 7.89. The summed E-state index contributed by atoms with van der Waals surface area (Å²) in [4.78, 5) is 35.6. The van der Waals surface area contributed by atoms with Crippen LogP contribution in [-0.2, 0) is 19.1 Å². The fourth-order valence-corrected chi connectivity index (χ4v) is 4.84. The minimum atomic E-state index is -0.927. The van der Waals surface area contributed by atoms with Crippen molar-refractivity contribution in [2.75, 3.05) is 32.8 Å². The van der Waals surface area contributed by atoms with Crippen LogP contribution in [0.25, 0.3) is 0 Å². The van der Waals surface area contributed by atoms with Gasteiger partial charge in [0.1, 0.15) is 11.9 Å². The second-order valence-electron chi connectivity index (χ2n) is 8.28. The summed E-state index contributed by atoms with van der Waals surface area (Å²) < 4.78 is 24.9. The predicted molar refractivity (Wildman–Crippen MR) is 128 cm³/mol. The molecule has 0 bridgehead atoms. The molecule has 186 valence electrons. The van der Waals surface area contributed by atoms with Gasteiger partial charge in [-0.25, -0.2) is 14.2 Å². The standard InChI is InChI=1S/C24H27FN4O5S/c1-3-33-24(32)20-18(13-29-7-8-34-16(12-29)11-19(30)31)27-22(23-26-6-9-35-23)28-21(20)17-5-4-15(25)10-14(17)2/h4-6,9-10,16,21H,3,7-8,11-13H2,1-2H3,(H,27,28)(H,30,31). The number of aryl methyl sites for hydroxylation is 1. The number of halogens is 1. The predicted octanol–water partition coefficient (Wildman–Crippen LogP) is 2.67. The Morgan fingerprint density at radius 2 is 2.23 bits per heavy atom. The van der Waals surface area contributed by atoms with E-state index in [4.69, 9.17) is 19.6 Å². The van der Waals surface area contributed by atoms with Crippen LogP contribution < -0.4 is 5.32 Å². The molecule has 4 rings (SSSR count). The number of esters is 1. The molecule has 0 aliphatic carbocycles. The maximum absolute atomic E-state index is 13.9. The first-order chi connectivity index (χ1) is 16.9. The van der Waals surface area contributed by atoms with Crippen LogP contribution in [0.15, 0.2) is 46.0 Å². The van der Waals surface area contributed by atoms with E-state index in [1.165, 1.54) is 23.5 Å². The zero-order valence-corrected chi connectivity index (χ0v) is 20.3. The third-order valence-corrected chi connectivity index (χ3v) is 6.57. The van der Waals surface area contributed by atoms with E-state index in [9.17, 15) is 14.0 Å². The molecule has 1 aromatic heterocycles. The van der Waals surface area contributed by atoms with Crippen LogP contribution in [0.3, 0.4) is 0 Å². The van der Waals surface area contributed by atoms with E-state index in [0.717, 1.165) is 0 Å². The van der Waals surface area contributed by atoms with E-state index in [-0.39, 0.29) is 18.8 Å². The number of rotatable bonds is 8. The molecule has 2 aliphatic rings. The number of morpholine rings is 1. The summed E-state index contributed by atoms with van der Waals surface area (Å²) in [7, 11) is 0. The van der Waals surface area contributed by atoms with Gasteiger partial charge < -0.3 is 19.9 Å². The van der Waals surface area contributed by atoms with Crippen molar-refractivity contribution in [2.45, 2.75) is 32.4 Å². The van der Waals surface area contributed by atoms with Crippen molar-refractivity contribution in [2.24, 2.45) is 4.99 Å². The van der Waals surface area contributed by atoms with Crippen LogP contribution in [0.2, 0.25) is 0 Å². The van der Waals surface area contributed by atoms with Crippen molar-refractivity contribution in [3.05, 3.63) is 63.0 Å². The number of carboxylic acid groups (broad SMARTS) is 1. The van der Waals surface area contributed by atoms with Gasteiger partial charge in [0.15, 0.2) is 10.8 Å². The number of nitrogens with one attached hydrogen (secondary N) is 1. The van der Waals surface area contributed by atoms with E-state index in [0.29, 0.717) is 59.5 Å². The van der Waals surface area contributed by atoms with Crippen LogP contribution in [0, 0.1) is 12.7 Å². The third-order valence-electron chi connectivity index (χ3n) is 5.79. The van der Waals surface area contributed by atoms with Crippen molar-refractivity contribution in [1.29, 1.82) is 0 Å². The lowest BCUT2D eigenvalue weighted by Crippen LogP contribution is -2.47. The van der Waals surface area contributed by atoms with E-state index in [1.54, 1.807) is 26.1 Å². The Labute approximate surface area is 206 Å². The van der Waals surface area contributed by atoms with Crippen LogP contribution in [-0.4, -0.2) is 71.7 Å². The maximum Gasteiger partial charge on any atom is 0.338 e. The number of benzene rings is 1. The molecular formula is C24H27FN4O5S. The highest BCUT2D eigenvalue weighted by Crippen LogP contribution is 2.35. The molecule has 2 N–H and O–H groups in total. The number of nitrogens with zero attached hydrogens (tertiary/aromatic N) is 3. The van der Waals surface area contributed by atoms with Crippen molar-refractivity contribution in [3.8, 4) is 0 Å². The van der Waals surface area contributed by atoms with Gasteiger partial charge in [-0.15, -0.1) is 11.3 Å². The molecule has 1 saturated heterocycles. The zero-order chi connectivity index (χ0) is 24.9. The first-order valence-electron chi connectivity index (χ1n) is 11.3. The van der Waals surface area contributed by atoms with Gasteiger partial charge in [0.2, 0.25) is 0 Å². The lowest BCUT2D eigenvalue weighted by Gasteiger charge is -2.35. The first kappa shape index (κ1) is 25.0. The van der Waals surface area contributed by atoms with E-state index < -0.39 is 24.1 Å². The average Bonchev–Trinajstić information content (AvgIpc) is 3.34. The van der Waals surface area contributed by atoms with Crippen LogP contribution in [0.4, 0.5) is 4.39 Å². The monoisotopic (exact) mass is 502 g/mol. The summed E-state index contributed by atoms with van der Waals surface area (Å²) in [5.41, 5.74) is 2.28. The minimum absolute atomic E-state index is 0.100. The quantitative estimate of drug-likeness (QED) is 0.530. The second-order valence-corrected chi connectivity index (χ2v) is 9.18. The molecule has 11 heteroatoms. The molecule has 3 heterocycles. The molecule has 0 spiro atoms. The average molecular weight is 503 g/mol. The van der Waals surface area contributed by atoms with Crippen LogP contribution in [0.1, 0.15) is 35.5 Å². The van der Waals surface area contributed by atoms with Crippen LogP contribution >= 0.6 is 11.3 Å². The topological polar surface area (TPSA) is 113 Å². The molecule has 9 nitrogen and oxygen atoms in total. The summed E-state index contributed by atoms with van der Waals surface area (Å²) in [6.45, 7) is 5.38. The SMILES string of the molecule is CCOC(=O)C1=C(CN2CCOC(CC(=O)O)C2)NC(c2nccs2)=NC1c1ccc(F)cc1C. The van der Waals surface area contributed by atoms with E-state index in [1.807, 2.05) is 10.3 Å². The number of aromatic nitrogens is 1. The zero-order valence-electron chi connectivity index (χ0n) is 19.5.